The standard InChI is InChI=1S/C66H68ClN/c1-63(2,3)50-31-27-43(28-32-50)59-25-18-26-60(44-29-33-51(34-30-44)64(4,5)6)62(59)68(55-22-17-21-45(39-55)48-36-52(65(7,8)9)41-53(37-48)66(10,11)12)56-40-49(38-54(67)42-56)61-57-23-15-13-19-46(57)35-47-20-14-16-24-58(47)61/h13-34,36-42,61H,35H2,1-12H3. The molecular weight excluding hydrogens is 842 g/mol. The smallest absolute Gasteiger partial charge is 0.0618 e. The Morgan fingerprint density at radius 2 is 0.853 bits per heavy atom. The molecule has 1 aliphatic carbocycles. The average Bonchev–Trinajstić information content (AvgIpc) is 3.29. The number of anilines is 3. The molecule has 1 aliphatic rings. The van der Waals surface area contributed by atoms with Crippen LogP contribution in [0.5, 0.6) is 0 Å². The summed E-state index contributed by atoms with van der Waals surface area (Å²) < 4.78 is 0. The third kappa shape index (κ3) is 9.48. The van der Waals surface area contributed by atoms with Gasteiger partial charge in [-0.15, -0.1) is 0 Å². The normalized spacial score (nSPS) is 13.2. The van der Waals surface area contributed by atoms with Gasteiger partial charge in [0.05, 0.1) is 5.69 Å². The molecule has 0 bridgehead atoms. The van der Waals surface area contributed by atoms with Gasteiger partial charge in [-0.3, -0.25) is 0 Å². The van der Waals surface area contributed by atoms with Gasteiger partial charge in [-0.2, -0.15) is 0 Å². The Balaban J connectivity index is 1.35. The van der Waals surface area contributed by atoms with E-state index in [2.05, 4.69) is 264 Å². The lowest BCUT2D eigenvalue weighted by atomic mass is 9.75. The van der Waals surface area contributed by atoms with Crippen molar-refractivity contribution in [1.29, 1.82) is 0 Å². The lowest BCUT2D eigenvalue weighted by Crippen LogP contribution is -2.17. The number of nitrogens with zero attached hydrogens (tertiary/aromatic N) is 1. The summed E-state index contributed by atoms with van der Waals surface area (Å²) in [4.78, 5) is 2.50. The van der Waals surface area contributed by atoms with Crippen molar-refractivity contribution in [3.8, 4) is 33.4 Å². The van der Waals surface area contributed by atoms with Crippen LogP contribution in [-0.4, -0.2) is 0 Å². The SMILES string of the molecule is CC(C)(C)c1ccc(-c2cccc(-c3ccc(C(C)(C)C)cc3)c2N(c2cccc(-c3cc(C(C)(C)C)cc(C(C)(C)C)c3)c2)c2cc(Cl)cc(C3c4ccccc4Cc4ccccc43)c2)cc1. The van der Waals surface area contributed by atoms with E-state index in [1.54, 1.807) is 0 Å². The first kappa shape index (κ1) is 46.9. The zero-order valence-corrected chi connectivity index (χ0v) is 43.1. The summed E-state index contributed by atoms with van der Waals surface area (Å²) in [7, 11) is 0. The summed E-state index contributed by atoms with van der Waals surface area (Å²) in [6.45, 7) is 27.6. The highest BCUT2D eigenvalue weighted by molar-refractivity contribution is 6.31. The molecule has 0 unspecified atom stereocenters. The molecule has 0 aliphatic heterocycles. The van der Waals surface area contributed by atoms with E-state index in [0.717, 1.165) is 45.7 Å². The summed E-state index contributed by atoms with van der Waals surface area (Å²) in [5.41, 5.74) is 22.0. The van der Waals surface area contributed by atoms with Gasteiger partial charge in [0.1, 0.15) is 0 Å². The summed E-state index contributed by atoms with van der Waals surface area (Å²) in [6.07, 6.45) is 0.918. The van der Waals surface area contributed by atoms with E-state index < -0.39 is 0 Å². The minimum Gasteiger partial charge on any atom is -0.309 e. The molecule has 0 N–H and O–H groups in total. The highest BCUT2D eigenvalue weighted by Gasteiger charge is 2.30. The average molecular weight is 911 g/mol. The third-order valence-electron chi connectivity index (χ3n) is 14.1. The minimum atomic E-state index is -0.0217. The molecule has 344 valence electrons. The van der Waals surface area contributed by atoms with Crippen molar-refractivity contribution in [2.75, 3.05) is 4.90 Å². The summed E-state index contributed by atoms with van der Waals surface area (Å²) in [6, 6.07) is 66.4. The Hall–Kier alpha value is -6.15. The van der Waals surface area contributed by atoms with Crippen molar-refractivity contribution >= 4 is 28.7 Å². The minimum absolute atomic E-state index is 0.0161. The molecule has 0 amide bonds. The monoisotopic (exact) mass is 910 g/mol. The number of para-hydroxylation sites is 1. The summed E-state index contributed by atoms with van der Waals surface area (Å²) in [5.74, 6) is 0.0161. The number of rotatable bonds is 7. The highest BCUT2D eigenvalue weighted by Crippen LogP contribution is 2.50. The predicted molar refractivity (Wildman–Crippen MR) is 294 cm³/mol. The fraction of sp³-hybridized carbons (Fsp3) is 0.273. The number of fused-ring (bicyclic) bond motifs is 2. The van der Waals surface area contributed by atoms with E-state index in [1.165, 1.54) is 61.2 Å². The first-order valence-corrected chi connectivity index (χ1v) is 24.9. The molecule has 9 rings (SSSR count). The molecule has 0 radical (unpaired) electrons. The van der Waals surface area contributed by atoms with Crippen molar-refractivity contribution < 1.29 is 0 Å². The summed E-state index contributed by atoms with van der Waals surface area (Å²) in [5, 5.41) is 0.704. The molecular formula is C66H68ClN. The van der Waals surface area contributed by atoms with Crippen LogP contribution < -0.4 is 4.90 Å². The predicted octanol–water partition coefficient (Wildman–Crippen LogP) is 19.1. The Bertz CT molecular complexity index is 2970. The van der Waals surface area contributed by atoms with Gasteiger partial charge in [-0.1, -0.05) is 240 Å². The molecule has 0 fully saturated rings. The molecule has 8 aromatic rings. The second-order valence-corrected chi connectivity index (χ2v) is 23.7. The lowest BCUT2D eigenvalue weighted by molar-refractivity contribution is 0.569. The van der Waals surface area contributed by atoms with Crippen LogP contribution in [0.1, 0.15) is 139 Å². The van der Waals surface area contributed by atoms with Crippen LogP contribution in [0.2, 0.25) is 5.02 Å². The Kier molecular flexibility index (Phi) is 12.2. The van der Waals surface area contributed by atoms with E-state index in [-0.39, 0.29) is 27.6 Å². The topological polar surface area (TPSA) is 3.24 Å². The van der Waals surface area contributed by atoms with Crippen LogP contribution in [0.3, 0.4) is 0 Å². The van der Waals surface area contributed by atoms with Gasteiger partial charge in [0.15, 0.2) is 0 Å². The van der Waals surface area contributed by atoms with Gasteiger partial charge < -0.3 is 4.90 Å². The van der Waals surface area contributed by atoms with E-state index in [9.17, 15) is 0 Å². The van der Waals surface area contributed by atoms with E-state index in [4.69, 9.17) is 11.6 Å². The number of hydrogen-bond donors (Lipinski definition) is 0. The fourth-order valence-corrected chi connectivity index (χ4v) is 10.3. The Morgan fingerprint density at radius 3 is 1.34 bits per heavy atom. The largest absolute Gasteiger partial charge is 0.309 e. The van der Waals surface area contributed by atoms with Gasteiger partial charge in [0.25, 0.3) is 0 Å². The molecule has 2 heteroatoms. The van der Waals surface area contributed by atoms with Crippen molar-refractivity contribution in [3.05, 3.63) is 231 Å². The molecule has 0 atom stereocenters. The van der Waals surface area contributed by atoms with Crippen LogP contribution >= 0.6 is 11.6 Å². The van der Waals surface area contributed by atoms with Crippen LogP contribution in [0.25, 0.3) is 33.4 Å². The third-order valence-corrected chi connectivity index (χ3v) is 14.3. The van der Waals surface area contributed by atoms with Crippen molar-refractivity contribution in [1.82, 2.24) is 0 Å². The van der Waals surface area contributed by atoms with Gasteiger partial charge in [-0.05, 0) is 131 Å². The van der Waals surface area contributed by atoms with Crippen molar-refractivity contribution in [2.45, 2.75) is 117 Å². The molecule has 0 spiro atoms. The molecule has 0 aromatic heterocycles. The number of benzene rings is 8. The van der Waals surface area contributed by atoms with Gasteiger partial charge in [0.2, 0.25) is 0 Å². The van der Waals surface area contributed by atoms with E-state index in [0.29, 0.717) is 5.02 Å². The van der Waals surface area contributed by atoms with Gasteiger partial charge in [-0.25, -0.2) is 0 Å². The maximum absolute atomic E-state index is 7.50. The Morgan fingerprint density at radius 1 is 0.382 bits per heavy atom. The fourth-order valence-electron chi connectivity index (χ4n) is 10.0. The van der Waals surface area contributed by atoms with Crippen molar-refractivity contribution in [3.63, 3.8) is 0 Å². The van der Waals surface area contributed by atoms with Crippen LogP contribution in [0.15, 0.2) is 176 Å². The highest BCUT2D eigenvalue weighted by atomic mass is 35.5. The van der Waals surface area contributed by atoms with Gasteiger partial charge in [0, 0.05) is 33.4 Å². The maximum Gasteiger partial charge on any atom is 0.0618 e. The first-order valence-electron chi connectivity index (χ1n) is 24.5. The molecule has 8 aromatic carbocycles. The maximum atomic E-state index is 7.50. The van der Waals surface area contributed by atoms with E-state index >= 15 is 0 Å². The number of hydrogen-bond acceptors (Lipinski definition) is 1. The number of halogens is 1. The lowest BCUT2D eigenvalue weighted by Gasteiger charge is -2.33. The Labute approximate surface area is 412 Å². The second kappa shape index (κ2) is 17.7. The van der Waals surface area contributed by atoms with Crippen LogP contribution in [0.4, 0.5) is 17.1 Å². The van der Waals surface area contributed by atoms with Crippen LogP contribution in [0, 0.1) is 0 Å². The van der Waals surface area contributed by atoms with Gasteiger partial charge >= 0.3 is 0 Å². The summed E-state index contributed by atoms with van der Waals surface area (Å²) >= 11 is 7.50. The quantitative estimate of drug-likeness (QED) is 0.154. The molecule has 0 saturated heterocycles. The zero-order chi connectivity index (χ0) is 48.3. The molecule has 1 nitrogen and oxygen atoms in total. The van der Waals surface area contributed by atoms with E-state index in [1.807, 2.05) is 0 Å². The zero-order valence-electron chi connectivity index (χ0n) is 42.4. The first-order chi connectivity index (χ1) is 32.1. The molecule has 0 heterocycles. The molecule has 0 saturated carbocycles. The van der Waals surface area contributed by atoms with Crippen molar-refractivity contribution in [2.24, 2.45) is 0 Å². The van der Waals surface area contributed by atoms with Crippen LogP contribution in [-0.2, 0) is 28.1 Å². The molecule has 68 heavy (non-hydrogen) atoms. The second-order valence-electron chi connectivity index (χ2n) is 23.3.